The topological polar surface area (TPSA) is 61.1 Å². The maximum Gasteiger partial charge on any atom is 0.335 e. The normalized spacial score (nSPS) is 27.0. The summed E-state index contributed by atoms with van der Waals surface area (Å²) < 4.78 is 0. The highest BCUT2D eigenvalue weighted by atomic mass is 16.4. The number of unbranched alkanes of at least 4 members (excludes halogenated alkanes) is 4. The van der Waals surface area contributed by atoms with Crippen molar-refractivity contribution in [2.45, 2.75) is 89.9 Å². The van der Waals surface area contributed by atoms with Crippen LogP contribution in [0, 0.1) is 29.1 Å². The van der Waals surface area contributed by atoms with Gasteiger partial charge in [0.1, 0.15) is 0 Å². The molecule has 2 aliphatic rings. The van der Waals surface area contributed by atoms with Crippen LogP contribution in [0.3, 0.4) is 0 Å². The Morgan fingerprint density at radius 3 is 2.54 bits per heavy atom. The van der Waals surface area contributed by atoms with Crippen molar-refractivity contribution < 1.29 is 9.90 Å². The molecule has 3 rings (SSSR count). The first-order valence-electron chi connectivity index (χ1n) is 11.4. The third kappa shape index (κ3) is 4.96. The lowest BCUT2D eigenvalue weighted by Crippen LogP contribution is -2.30. The maximum absolute atomic E-state index is 11.4. The highest BCUT2D eigenvalue weighted by molar-refractivity contribution is 5.88. The van der Waals surface area contributed by atoms with Crippen LogP contribution in [0.5, 0.6) is 0 Å². The van der Waals surface area contributed by atoms with Gasteiger partial charge in [-0.3, -0.25) is 0 Å². The lowest BCUT2D eigenvalue weighted by atomic mass is 9.63. The zero-order valence-corrected chi connectivity index (χ0v) is 17.3. The molecule has 3 nitrogen and oxygen atoms in total. The van der Waals surface area contributed by atoms with Gasteiger partial charge in [-0.2, -0.15) is 5.26 Å². The minimum absolute atomic E-state index is 0.237. The van der Waals surface area contributed by atoms with Gasteiger partial charge >= 0.3 is 5.97 Å². The lowest BCUT2D eigenvalue weighted by molar-refractivity contribution is 0.0696. The molecule has 2 aliphatic carbocycles. The Kier molecular flexibility index (Phi) is 7.54. The second kappa shape index (κ2) is 10.1. The molecule has 1 aromatic rings. The van der Waals surface area contributed by atoms with Crippen LogP contribution >= 0.6 is 0 Å². The molecule has 28 heavy (non-hydrogen) atoms. The molecule has 0 radical (unpaired) electrons. The number of nitriles is 1. The van der Waals surface area contributed by atoms with Gasteiger partial charge < -0.3 is 5.11 Å². The van der Waals surface area contributed by atoms with Crippen molar-refractivity contribution in [3.8, 4) is 6.07 Å². The van der Waals surface area contributed by atoms with Crippen molar-refractivity contribution in [1.29, 1.82) is 5.26 Å². The van der Waals surface area contributed by atoms with Crippen molar-refractivity contribution in [1.82, 2.24) is 0 Å². The maximum atomic E-state index is 11.4. The van der Waals surface area contributed by atoms with Crippen LogP contribution in [-0.2, 0) is 6.42 Å². The molecule has 1 aromatic carbocycles. The number of carboxylic acids is 1. The highest BCUT2D eigenvalue weighted by Gasteiger charge is 2.37. The van der Waals surface area contributed by atoms with Gasteiger partial charge in [-0.05, 0) is 86.0 Å². The molecule has 1 saturated carbocycles. The highest BCUT2D eigenvalue weighted by Crippen LogP contribution is 2.48. The third-order valence-corrected chi connectivity index (χ3v) is 7.18. The van der Waals surface area contributed by atoms with Crippen molar-refractivity contribution in [2.24, 2.45) is 17.8 Å². The van der Waals surface area contributed by atoms with Gasteiger partial charge in [0.2, 0.25) is 0 Å². The minimum Gasteiger partial charge on any atom is -0.478 e. The van der Waals surface area contributed by atoms with Crippen molar-refractivity contribution >= 4 is 5.97 Å². The van der Waals surface area contributed by atoms with Crippen LogP contribution in [0.2, 0.25) is 0 Å². The van der Waals surface area contributed by atoms with Gasteiger partial charge in [-0.15, -0.1) is 0 Å². The number of carbonyl (C=O) groups is 1. The minimum atomic E-state index is -0.827. The number of nitrogens with zero attached hydrogens (tertiary/aromatic N) is 1. The number of hydrogen-bond acceptors (Lipinski definition) is 2. The zero-order valence-electron chi connectivity index (χ0n) is 17.3. The summed E-state index contributed by atoms with van der Waals surface area (Å²) in [6.07, 6.45) is 14.5. The predicted octanol–water partition coefficient (Wildman–Crippen LogP) is 6.72. The molecule has 0 saturated heterocycles. The average Bonchev–Trinajstić information content (AvgIpc) is 2.73. The smallest absolute Gasteiger partial charge is 0.335 e. The van der Waals surface area contributed by atoms with E-state index in [1.54, 1.807) is 6.07 Å². The van der Waals surface area contributed by atoms with E-state index in [0.717, 1.165) is 32.1 Å². The van der Waals surface area contributed by atoms with E-state index in [1.165, 1.54) is 56.1 Å². The number of hydrogen-bond donors (Lipinski definition) is 1. The lowest BCUT2D eigenvalue weighted by Gasteiger charge is -2.41. The van der Waals surface area contributed by atoms with E-state index in [0.29, 0.717) is 23.3 Å². The Morgan fingerprint density at radius 2 is 1.86 bits per heavy atom. The van der Waals surface area contributed by atoms with Gasteiger partial charge in [0.15, 0.2) is 0 Å². The van der Waals surface area contributed by atoms with Crippen molar-refractivity contribution in [2.75, 3.05) is 0 Å². The number of rotatable bonds is 8. The predicted molar refractivity (Wildman–Crippen MR) is 112 cm³/mol. The van der Waals surface area contributed by atoms with Gasteiger partial charge in [-0.25, -0.2) is 4.79 Å². The van der Waals surface area contributed by atoms with Crippen molar-refractivity contribution in [3.63, 3.8) is 0 Å². The van der Waals surface area contributed by atoms with Gasteiger partial charge in [0.25, 0.3) is 0 Å². The first kappa shape index (κ1) is 20.9. The SMILES string of the molecule is CCCCCCCC1CCc2cc(C(=O)O)ccc2C1[C@H]1CC[C@H](C#N)CC1. The number of benzene rings is 1. The summed E-state index contributed by atoms with van der Waals surface area (Å²) >= 11 is 0. The van der Waals surface area contributed by atoms with Crippen LogP contribution in [0.25, 0.3) is 0 Å². The molecule has 2 unspecified atom stereocenters. The van der Waals surface area contributed by atoms with Crippen LogP contribution < -0.4 is 0 Å². The largest absolute Gasteiger partial charge is 0.478 e. The second-order valence-electron chi connectivity index (χ2n) is 8.99. The number of aryl methyl sites for hydroxylation is 1. The first-order valence-corrected chi connectivity index (χ1v) is 11.4. The number of aromatic carboxylic acids is 1. The quantitative estimate of drug-likeness (QED) is 0.508. The second-order valence-corrected chi connectivity index (χ2v) is 8.99. The van der Waals surface area contributed by atoms with Gasteiger partial charge in [0.05, 0.1) is 11.6 Å². The van der Waals surface area contributed by atoms with Gasteiger partial charge in [0, 0.05) is 5.92 Å². The van der Waals surface area contributed by atoms with Crippen LogP contribution in [0.15, 0.2) is 18.2 Å². The Balaban J connectivity index is 1.76. The molecule has 0 spiro atoms. The Bertz CT molecular complexity index is 697. The molecule has 0 amide bonds. The monoisotopic (exact) mass is 381 g/mol. The van der Waals surface area contributed by atoms with E-state index < -0.39 is 5.97 Å². The summed E-state index contributed by atoms with van der Waals surface area (Å²) in [5.74, 6) is 1.33. The van der Waals surface area contributed by atoms with E-state index in [-0.39, 0.29) is 5.92 Å². The Morgan fingerprint density at radius 1 is 1.11 bits per heavy atom. The Hall–Kier alpha value is -1.82. The van der Waals surface area contributed by atoms with Crippen LogP contribution in [0.4, 0.5) is 0 Å². The molecule has 1 fully saturated rings. The summed E-state index contributed by atoms with van der Waals surface area (Å²) in [6, 6.07) is 8.30. The summed E-state index contributed by atoms with van der Waals surface area (Å²) in [7, 11) is 0. The molecule has 0 heterocycles. The number of carboxylic acid groups (broad SMARTS) is 1. The molecular weight excluding hydrogens is 346 g/mol. The molecule has 0 aliphatic heterocycles. The fraction of sp³-hybridized carbons (Fsp3) is 0.680. The molecule has 1 N–H and O–H groups in total. The van der Waals surface area contributed by atoms with E-state index in [9.17, 15) is 15.2 Å². The molecule has 3 heteroatoms. The van der Waals surface area contributed by atoms with E-state index in [4.69, 9.17) is 0 Å². The summed E-state index contributed by atoms with van der Waals surface area (Å²) in [4.78, 5) is 11.4. The van der Waals surface area contributed by atoms with Crippen LogP contribution in [-0.4, -0.2) is 11.1 Å². The zero-order chi connectivity index (χ0) is 19.9. The standard InChI is InChI=1S/C25H35NO2/c1-2-3-4-5-6-7-19-12-13-21-16-22(25(27)28)14-15-23(21)24(19)20-10-8-18(17-26)9-11-20/h14-16,18-20,24H,2-13H2,1H3,(H,27,28)/t18-,19?,20-,24?. The number of fused-ring (bicyclic) bond motifs is 1. The average molecular weight is 382 g/mol. The molecule has 0 bridgehead atoms. The first-order chi connectivity index (χ1) is 13.6. The third-order valence-electron chi connectivity index (χ3n) is 7.18. The van der Waals surface area contributed by atoms with Crippen LogP contribution in [0.1, 0.15) is 105 Å². The van der Waals surface area contributed by atoms with E-state index in [2.05, 4.69) is 19.1 Å². The molecule has 2 atom stereocenters. The molecule has 152 valence electrons. The summed E-state index contributed by atoms with van der Waals surface area (Å²) in [5.41, 5.74) is 3.09. The summed E-state index contributed by atoms with van der Waals surface area (Å²) in [6.45, 7) is 2.26. The summed E-state index contributed by atoms with van der Waals surface area (Å²) in [5, 5.41) is 18.6. The Labute approximate surface area is 170 Å². The van der Waals surface area contributed by atoms with Crippen molar-refractivity contribution in [3.05, 3.63) is 34.9 Å². The molecular formula is C25H35NO2. The fourth-order valence-electron chi connectivity index (χ4n) is 5.64. The van der Waals surface area contributed by atoms with E-state index >= 15 is 0 Å². The fourth-order valence-corrected chi connectivity index (χ4v) is 5.64. The van der Waals surface area contributed by atoms with Gasteiger partial charge in [-0.1, -0.05) is 45.1 Å². The molecule has 0 aromatic heterocycles. The van der Waals surface area contributed by atoms with E-state index in [1.807, 2.05) is 6.07 Å².